The van der Waals surface area contributed by atoms with E-state index >= 15 is 0 Å². The lowest BCUT2D eigenvalue weighted by atomic mass is 9.84. The van der Waals surface area contributed by atoms with Gasteiger partial charge >= 0.3 is 0 Å². The number of rotatable bonds is 4. The number of furan rings is 2. The standard InChI is InChI=1S/C50H35N3O2/c1-2-11-30(12-3-1)47-39-15-4-7-18-41(39)51-50(52-47)31-21-24-33(25-22-31)53-42-27-23-32(34-16-10-17-37-35-13-5-8-19-44(35)54-48(34)37)29-40(42)46-43(53)28-26-38-36-14-6-9-20-45(36)55-49(38)46/h1-2,4,6-11,14-29,43,46H,3,5,12-13H2. The number of nitrogens with zero attached hydrogens (tertiary/aromatic N) is 3. The van der Waals surface area contributed by atoms with Gasteiger partial charge in [-0.2, -0.15) is 0 Å². The number of aryl methyl sites for hydroxylation is 1. The van der Waals surface area contributed by atoms with Crippen LogP contribution in [0.1, 0.15) is 59.1 Å². The van der Waals surface area contributed by atoms with Gasteiger partial charge in [-0.15, -0.1) is 0 Å². The van der Waals surface area contributed by atoms with Crippen molar-refractivity contribution in [2.45, 2.75) is 37.6 Å². The predicted octanol–water partition coefficient (Wildman–Crippen LogP) is 12.8. The van der Waals surface area contributed by atoms with E-state index in [1.165, 1.54) is 33.3 Å². The minimum atomic E-state index is 0.0122. The first-order valence-electron chi connectivity index (χ1n) is 19.3. The minimum absolute atomic E-state index is 0.0122. The topological polar surface area (TPSA) is 55.3 Å². The summed E-state index contributed by atoms with van der Waals surface area (Å²) in [4.78, 5) is 12.7. The highest BCUT2D eigenvalue weighted by molar-refractivity contribution is 5.98. The number of fused-ring (bicyclic) bond motifs is 11. The number of hydrogen-bond acceptors (Lipinski definition) is 5. The molecule has 3 aromatic heterocycles. The van der Waals surface area contributed by atoms with E-state index in [0.29, 0.717) is 0 Å². The molecule has 8 aromatic rings. The van der Waals surface area contributed by atoms with E-state index in [1.54, 1.807) is 0 Å². The van der Waals surface area contributed by atoms with Crippen molar-refractivity contribution < 1.29 is 8.83 Å². The van der Waals surface area contributed by atoms with Crippen molar-refractivity contribution in [3.8, 4) is 22.5 Å². The van der Waals surface area contributed by atoms with Gasteiger partial charge in [-0.3, -0.25) is 0 Å². The Labute approximate surface area is 318 Å². The van der Waals surface area contributed by atoms with Crippen LogP contribution >= 0.6 is 0 Å². The van der Waals surface area contributed by atoms with Crippen LogP contribution in [0.25, 0.3) is 73.1 Å². The average molecular weight is 710 g/mol. The van der Waals surface area contributed by atoms with Crippen molar-refractivity contribution in [2.75, 3.05) is 4.90 Å². The Morgan fingerprint density at radius 2 is 1.53 bits per heavy atom. The van der Waals surface area contributed by atoms with Crippen molar-refractivity contribution in [1.82, 2.24) is 9.97 Å². The molecule has 3 aliphatic carbocycles. The molecule has 0 saturated carbocycles. The van der Waals surface area contributed by atoms with Crippen LogP contribution in [0.3, 0.4) is 0 Å². The van der Waals surface area contributed by atoms with Gasteiger partial charge in [-0.25, -0.2) is 9.97 Å². The maximum atomic E-state index is 6.76. The molecule has 2 atom stereocenters. The molecule has 0 N–H and O–H groups in total. The summed E-state index contributed by atoms with van der Waals surface area (Å²) in [5, 5.41) is 3.46. The average Bonchev–Trinajstić information content (AvgIpc) is 3.93. The third kappa shape index (κ3) is 4.66. The van der Waals surface area contributed by atoms with Crippen LogP contribution in [0.4, 0.5) is 11.4 Å². The molecule has 1 aliphatic heterocycles. The molecule has 0 saturated heterocycles. The lowest BCUT2D eigenvalue weighted by Gasteiger charge is -2.30. The Hall–Kier alpha value is -6.72. The molecule has 5 heteroatoms. The van der Waals surface area contributed by atoms with Gasteiger partial charge in [-0.1, -0.05) is 97.1 Å². The molecule has 0 radical (unpaired) electrons. The molecule has 4 heterocycles. The predicted molar refractivity (Wildman–Crippen MR) is 223 cm³/mol. The number of anilines is 2. The van der Waals surface area contributed by atoms with Crippen LogP contribution in [0, 0.1) is 0 Å². The monoisotopic (exact) mass is 709 g/mol. The molecule has 0 bridgehead atoms. The van der Waals surface area contributed by atoms with E-state index in [-0.39, 0.29) is 12.0 Å². The first-order chi connectivity index (χ1) is 27.3. The highest BCUT2D eigenvalue weighted by Crippen LogP contribution is 2.54. The summed E-state index contributed by atoms with van der Waals surface area (Å²) in [5.74, 6) is 2.77. The van der Waals surface area contributed by atoms with Crippen molar-refractivity contribution >= 4 is 61.9 Å². The number of allylic oxidation sites excluding steroid dienone is 5. The zero-order valence-electron chi connectivity index (χ0n) is 30.1. The smallest absolute Gasteiger partial charge is 0.160 e. The summed E-state index contributed by atoms with van der Waals surface area (Å²) in [6.45, 7) is 0. The molecule has 0 spiro atoms. The van der Waals surface area contributed by atoms with Crippen LogP contribution in [0.5, 0.6) is 0 Å². The van der Waals surface area contributed by atoms with Gasteiger partial charge in [0.15, 0.2) is 5.82 Å². The lowest BCUT2D eigenvalue weighted by Crippen LogP contribution is -2.30. The maximum absolute atomic E-state index is 6.76. The molecule has 0 amide bonds. The van der Waals surface area contributed by atoms with Crippen molar-refractivity contribution in [3.05, 3.63) is 173 Å². The summed E-state index contributed by atoms with van der Waals surface area (Å²) < 4.78 is 13.3. The van der Waals surface area contributed by atoms with Gasteiger partial charge in [0, 0.05) is 49.8 Å². The summed E-state index contributed by atoms with van der Waals surface area (Å²) in [7, 11) is 0. The van der Waals surface area contributed by atoms with Crippen molar-refractivity contribution in [3.63, 3.8) is 0 Å². The number of para-hydroxylation sites is 3. The van der Waals surface area contributed by atoms with Crippen molar-refractivity contribution in [2.24, 2.45) is 0 Å². The molecular formula is C50H35N3O2. The van der Waals surface area contributed by atoms with Crippen LogP contribution in [0.15, 0.2) is 148 Å². The van der Waals surface area contributed by atoms with Gasteiger partial charge in [0.2, 0.25) is 0 Å². The second-order valence-electron chi connectivity index (χ2n) is 15.0. The van der Waals surface area contributed by atoms with Crippen LogP contribution in [-0.4, -0.2) is 16.0 Å². The molecule has 12 rings (SSSR count). The number of benzene rings is 5. The number of aromatic nitrogens is 2. The second-order valence-corrected chi connectivity index (χ2v) is 15.0. The first kappa shape index (κ1) is 30.7. The van der Waals surface area contributed by atoms with Crippen LogP contribution < -0.4 is 4.90 Å². The van der Waals surface area contributed by atoms with Gasteiger partial charge in [0.05, 0.1) is 23.2 Å². The molecule has 262 valence electrons. The van der Waals surface area contributed by atoms with E-state index in [4.69, 9.17) is 18.8 Å². The van der Waals surface area contributed by atoms with Gasteiger partial charge in [0.25, 0.3) is 0 Å². The Morgan fingerprint density at radius 1 is 0.691 bits per heavy atom. The van der Waals surface area contributed by atoms with Gasteiger partial charge in [-0.05, 0) is 97.0 Å². The maximum Gasteiger partial charge on any atom is 0.160 e. The summed E-state index contributed by atoms with van der Waals surface area (Å²) in [6.07, 6.45) is 19.6. The van der Waals surface area contributed by atoms with E-state index in [1.807, 2.05) is 0 Å². The summed E-state index contributed by atoms with van der Waals surface area (Å²) in [5.41, 5.74) is 14.4. The normalized spacial score (nSPS) is 18.1. The Bertz CT molecular complexity index is 3010. The third-order valence-electron chi connectivity index (χ3n) is 12.0. The molecule has 4 aliphatic rings. The molecule has 0 fully saturated rings. The van der Waals surface area contributed by atoms with Gasteiger partial charge < -0.3 is 13.7 Å². The first-order valence-corrected chi connectivity index (χ1v) is 19.3. The largest absolute Gasteiger partial charge is 0.460 e. The fourth-order valence-corrected chi connectivity index (χ4v) is 9.42. The quantitative estimate of drug-likeness (QED) is 0.182. The summed E-state index contributed by atoms with van der Waals surface area (Å²) >= 11 is 0. The van der Waals surface area contributed by atoms with E-state index in [0.717, 1.165) is 98.6 Å². The number of hydrogen-bond donors (Lipinski definition) is 0. The Balaban J connectivity index is 0.989. The Kier molecular flexibility index (Phi) is 6.64. The lowest BCUT2D eigenvalue weighted by molar-refractivity contribution is 0.505. The van der Waals surface area contributed by atoms with Crippen molar-refractivity contribution in [1.29, 1.82) is 0 Å². The molecule has 55 heavy (non-hydrogen) atoms. The highest BCUT2D eigenvalue weighted by atomic mass is 16.3. The SMILES string of the molecule is C1=CCCC(c2nc(-c3ccc(N4c5ccc(-c6cccc7c8c(oc67)C=CCC8)cc5C5c6oc7ccccc7c6C=CC54)cc3)nc3ccccc23)=C1. The van der Waals surface area contributed by atoms with Crippen LogP contribution in [0.2, 0.25) is 0 Å². The van der Waals surface area contributed by atoms with Gasteiger partial charge in [0.1, 0.15) is 22.7 Å². The molecule has 2 unspecified atom stereocenters. The van der Waals surface area contributed by atoms with E-state index in [9.17, 15) is 0 Å². The van der Waals surface area contributed by atoms with E-state index < -0.39 is 0 Å². The minimum Gasteiger partial charge on any atom is -0.460 e. The second kappa shape index (κ2) is 11.9. The molecule has 5 nitrogen and oxygen atoms in total. The fraction of sp³-hybridized carbons (Fsp3) is 0.120. The summed E-state index contributed by atoms with van der Waals surface area (Å²) in [6, 6.07) is 39.1. The zero-order chi connectivity index (χ0) is 36.0. The van der Waals surface area contributed by atoms with E-state index in [2.05, 4.69) is 157 Å². The fourth-order valence-electron chi connectivity index (χ4n) is 9.42. The molecule has 5 aromatic carbocycles. The zero-order valence-corrected chi connectivity index (χ0v) is 30.1. The Morgan fingerprint density at radius 3 is 2.44 bits per heavy atom. The molecular weight excluding hydrogens is 675 g/mol. The third-order valence-corrected chi connectivity index (χ3v) is 12.0. The van der Waals surface area contributed by atoms with Crippen LogP contribution in [-0.2, 0) is 6.42 Å². The highest BCUT2D eigenvalue weighted by Gasteiger charge is 2.44.